The Morgan fingerprint density at radius 1 is 1.29 bits per heavy atom. The van der Waals surface area contributed by atoms with Gasteiger partial charge in [-0.05, 0) is 36.8 Å². The Balaban J connectivity index is 1.54. The van der Waals surface area contributed by atoms with E-state index in [-0.39, 0.29) is 17.4 Å². The Hall–Kier alpha value is -3.87. The van der Waals surface area contributed by atoms with Crippen molar-refractivity contribution in [2.45, 2.75) is 13.0 Å². The number of hydrazone groups is 1. The monoisotopic (exact) mass is 530 g/mol. The number of azo groups is 1. The molecule has 1 saturated heterocycles. The van der Waals surface area contributed by atoms with E-state index in [1.165, 1.54) is 30.3 Å². The molecule has 1 aliphatic rings. The molecule has 0 radical (unpaired) electrons. The number of rotatable bonds is 4. The second-order valence-corrected chi connectivity index (χ2v) is 8.45. The van der Waals surface area contributed by atoms with E-state index in [1.807, 2.05) is 0 Å². The lowest BCUT2D eigenvalue weighted by molar-refractivity contribution is 0.0885. The fourth-order valence-corrected chi connectivity index (χ4v) is 3.73. The largest absolute Gasteiger partial charge is 0.453 e. The first-order chi connectivity index (χ1) is 16.3. The minimum absolute atomic E-state index is 0.0288. The lowest BCUT2D eigenvalue weighted by Gasteiger charge is -2.34. The standard InChI is InChI=1S/C21H20BrFN8O3/c1-11-5-16(23)14(19(27-24)29-28-13-9-30(10-13)21(33)34-2)7-17(11)26-20(32)15-8-25-31-4-3-12(22)6-18(15)31/h3-8,13H,9-10,24H2,1-2H3,(H,26,32)/b27-19-,29-28?. The van der Waals surface area contributed by atoms with E-state index in [9.17, 15) is 14.0 Å². The molecular weight excluding hydrogens is 511 g/mol. The normalized spacial score (nSPS) is 14.5. The summed E-state index contributed by atoms with van der Waals surface area (Å²) in [5.74, 6) is 4.25. The number of ether oxygens (including phenoxy) is 1. The number of aromatic nitrogens is 2. The summed E-state index contributed by atoms with van der Waals surface area (Å²) in [7, 11) is 1.29. The molecule has 0 saturated carbocycles. The molecule has 1 aromatic carbocycles. The summed E-state index contributed by atoms with van der Waals surface area (Å²) >= 11 is 3.38. The fourth-order valence-electron chi connectivity index (χ4n) is 3.39. The van der Waals surface area contributed by atoms with Gasteiger partial charge in [-0.15, -0.1) is 5.11 Å². The van der Waals surface area contributed by atoms with Gasteiger partial charge >= 0.3 is 6.09 Å². The highest BCUT2D eigenvalue weighted by atomic mass is 79.9. The van der Waals surface area contributed by atoms with Crippen LogP contribution in [0.15, 0.2) is 56.5 Å². The van der Waals surface area contributed by atoms with Gasteiger partial charge < -0.3 is 20.8 Å². The maximum atomic E-state index is 14.7. The molecule has 3 heterocycles. The van der Waals surface area contributed by atoms with Crippen LogP contribution in [0.1, 0.15) is 21.5 Å². The van der Waals surface area contributed by atoms with Crippen molar-refractivity contribution in [1.29, 1.82) is 0 Å². The Kier molecular flexibility index (Phi) is 6.54. The number of nitrogens with two attached hydrogens (primary N) is 1. The van der Waals surface area contributed by atoms with Gasteiger partial charge in [-0.2, -0.15) is 15.3 Å². The number of aryl methyl sites for hydroxylation is 1. The van der Waals surface area contributed by atoms with Crippen molar-refractivity contribution in [2.24, 2.45) is 21.2 Å². The van der Waals surface area contributed by atoms with Gasteiger partial charge in [0.1, 0.15) is 11.9 Å². The maximum Gasteiger partial charge on any atom is 0.409 e. The zero-order chi connectivity index (χ0) is 24.4. The number of anilines is 1. The topological polar surface area (TPSA) is 139 Å². The molecule has 0 atom stereocenters. The third kappa shape index (κ3) is 4.59. The summed E-state index contributed by atoms with van der Waals surface area (Å²) < 4.78 is 21.7. The van der Waals surface area contributed by atoms with Gasteiger partial charge in [0.15, 0.2) is 0 Å². The second kappa shape index (κ2) is 9.55. The van der Waals surface area contributed by atoms with Gasteiger partial charge in [-0.25, -0.2) is 13.7 Å². The zero-order valence-corrected chi connectivity index (χ0v) is 19.8. The highest BCUT2D eigenvalue weighted by molar-refractivity contribution is 9.10. The van der Waals surface area contributed by atoms with Gasteiger partial charge in [0, 0.05) is 16.4 Å². The van der Waals surface area contributed by atoms with Crippen molar-refractivity contribution in [2.75, 3.05) is 25.5 Å². The van der Waals surface area contributed by atoms with Crippen molar-refractivity contribution in [3.05, 3.63) is 63.6 Å². The minimum atomic E-state index is -0.622. The number of benzene rings is 1. The smallest absolute Gasteiger partial charge is 0.409 e. The van der Waals surface area contributed by atoms with E-state index in [0.29, 0.717) is 35.4 Å². The van der Waals surface area contributed by atoms with E-state index in [1.54, 1.807) is 29.8 Å². The van der Waals surface area contributed by atoms with Crippen LogP contribution in [0.5, 0.6) is 0 Å². The summed E-state index contributed by atoms with van der Waals surface area (Å²) in [5, 5.41) is 18.5. The van der Waals surface area contributed by atoms with Crippen LogP contribution >= 0.6 is 15.9 Å². The molecular formula is C21H20BrFN8O3. The number of carbonyl (C=O) groups is 2. The number of methoxy groups -OCH3 is 1. The molecule has 0 unspecified atom stereocenters. The number of nitrogens with one attached hydrogen (secondary N) is 1. The van der Waals surface area contributed by atoms with E-state index in [0.717, 1.165) is 4.47 Å². The predicted octanol–water partition coefficient (Wildman–Crippen LogP) is 3.32. The van der Waals surface area contributed by atoms with Crippen molar-refractivity contribution in [3.63, 3.8) is 0 Å². The molecule has 0 spiro atoms. The molecule has 2 aromatic heterocycles. The third-order valence-corrected chi connectivity index (χ3v) is 5.76. The number of carbonyl (C=O) groups excluding carboxylic acids is 2. The van der Waals surface area contributed by atoms with Crippen LogP contribution < -0.4 is 11.2 Å². The quantitative estimate of drug-likeness (QED) is 0.175. The summed E-state index contributed by atoms with van der Waals surface area (Å²) in [6.07, 6.45) is 2.72. The average Bonchev–Trinajstić information content (AvgIpc) is 3.20. The lowest BCUT2D eigenvalue weighted by Crippen LogP contribution is -2.52. The van der Waals surface area contributed by atoms with E-state index < -0.39 is 17.8 Å². The van der Waals surface area contributed by atoms with Gasteiger partial charge in [-0.3, -0.25) is 4.79 Å². The molecule has 34 heavy (non-hydrogen) atoms. The van der Waals surface area contributed by atoms with Gasteiger partial charge in [0.25, 0.3) is 5.91 Å². The molecule has 1 aliphatic heterocycles. The second-order valence-electron chi connectivity index (χ2n) is 7.53. The molecule has 11 nitrogen and oxygen atoms in total. The number of likely N-dealkylation sites (tertiary alicyclic amines) is 1. The summed E-state index contributed by atoms with van der Waals surface area (Å²) in [4.78, 5) is 25.8. The maximum absolute atomic E-state index is 14.7. The van der Waals surface area contributed by atoms with E-state index >= 15 is 0 Å². The Morgan fingerprint density at radius 2 is 2.06 bits per heavy atom. The van der Waals surface area contributed by atoms with Gasteiger partial charge in [0.05, 0.1) is 43.0 Å². The number of halogens is 2. The highest BCUT2D eigenvalue weighted by Crippen LogP contribution is 2.24. The van der Waals surface area contributed by atoms with Crippen molar-refractivity contribution in [3.8, 4) is 0 Å². The lowest BCUT2D eigenvalue weighted by atomic mass is 10.1. The average molecular weight is 531 g/mol. The Morgan fingerprint density at radius 3 is 2.76 bits per heavy atom. The number of hydrogen-bond acceptors (Lipinski definition) is 7. The van der Waals surface area contributed by atoms with Gasteiger partial charge in [-0.1, -0.05) is 15.9 Å². The molecule has 176 valence electrons. The first kappa shape index (κ1) is 23.3. The van der Waals surface area contributed by atoms with Crippen LogP contribution in [-0.4, -0.2) is 58.6 Å². The number of pyridine rings is 1. The number of nitrogens with zero attached hydrogens (tertiary/aromatic N) is 6. The summed E-state index contributed by atoms with van der Waals surface area (Å²) in [5.41, 5.74) is 1.77. The molecule has 4 rings (SSSR count). The first-order valence-corrected chi connectivity index (χ1v) is 10.9. The van der Waals surface area contributed by atoms with Crippen LogP contribution in [0.4, 0.5) is 14.9 Å². The molecule has 1 fully saturated rings. The summed E-state index contributed by atoms with van der Waals surface area (Å²) in [6.45, 7) is 2.30. The molecule has 0 bridgehead atoms. The number of amides is 2. The Labute approximate surface area is 201 Å². The molecule has 13 heteroatoms. The van der Waals surface area contributed by atoms with Crippen LogP contribution in [0.3, 0.4) is 0 Å². The number of hydrogen-bond donors (Lipinski definition) is 2. The minimum Gasteiger partial charge on any atom is -0.453 e. The molecule has 0 aliphatic carbocycles. The predicted molar refractivity (Wildman–Crippen MR) is 125 cm³/mol. The van der Waals surface area contributed by atoms with Crippen LogP contribution in [0.2, 0.25) is 0 Å². The van der Waals surface area contributed by atoms with Gasteiger partial charge in [0.2, 0.25) is 5.84 Å². The van der Waals surface area contributed by atoms with Crippen molar-refractivity contribution < 1.29 is 18.7 Å². The number of fused-ring (bicyclic) bond motifs is 1. The molecule has 2 amide bonds. The Bertz CT molecular complexity index is 1330. The highest BCUT2D eigenvalue weighted by Gasteiger charge is 2.31. The van der Waals surface area contributed by atoms with Crippen LogP contribution in [-0.2, 0) is 4.74 Å². The summed E-state index contributed by atoms with van der Waals surface area (Å²) in [6, 6.07) is 5.94. The third-order valence-electron chi connectivity index (χ3n) is 5.26. The van der Waals surface area contributed by atoms with E-state index in [4.69, 9.17) is 5.84 Å². The molecule has 3 aromatic rings. The number of amidine groups is 1. The molecule has 3 N–H and O–H groups in total. The zero-order valence-electron chi connectivity index (χ0n) is 18.2. The van der Waals surface area contributed by atoms with Crippen molar-refractivity contribution in [1.82, 2.24) is 14.5 Å². The van der Waals surface area contributed by atoms with Crippen LogP contribution in [0, 0.1) is 12.7 Å². The first-order valence-electron chi connectivity index (χ1n) is 10.1. The van der Waals surface area contributed by atoms with Crippen molar-refractivity contribution >= 4 is 45.0 Å². The van der Waals surface area contributed by atoms with E-state index in [2.05, 4.69) is 46.4 Å². The SMILES string of the molecule is COC(=O)N1CC(N=N/C(=N\N)c2cc(NC(=O)c3cnn4ccc(Br)cc34)c(C)cc2F)C1. The van der Waals surface area contributed by atoms with Crippen LogP contribution in [0.25, 0.3) is 5.52 Å². The fraction of sp³-hybridized carbons (Fsp3) is 0.238.